The van der Waals surface area contributed by atoms with Gasteiger partial charge in [-0.15, -0.1) is 0 Å². The van der Waals surface area contributed by atoms with E-state index in [9.17, 15) is 9.18 Å². The predicted octanol–water partition coefficient (Wildman–Crippen LogP) is 5.29. The number of alkyl halides is 1. The first-order valence-corrected chi connectivity index (χ1v) is 8.41. The molecule has 0 aliphatic carbocycles. The lowest BCUT2D eigenvalue weighted by atomic mass is 10.1. The van der Waals surface area contributed by atoms with Crippen molar-refractivity contribution in [1.29, 1.82) is 0 Å². The first kappa shape index (κ1) is 17.7. The van der Waals surface area contributed by atoms with Crippen LogP contribution in [0.3, 0.4) is 0 Å². The Morgan fingerprint density at radius 1 is 0.923 bits per heavy atom. The number of hydrogen-bond donors (Lipinski definition) is 0. The Morgan fingerprint density at radius 3 is 2.27 bits per heavy atom. The van der Waals surface area contributed by atoms with Crippen molar-refractivity contribution in [2.24, 2.45) is 0 Å². The fraction of sp³-hybridized carbons (Fsp3) is 0.136. The van der Waals surface area contributed by atoms with Crippen LogP contribution in [-0.4, -0.2) is 12.6 Å². The highest BCUT2D eigenvalue weighted by molar-refractivity contribution is 5.95. The molecule has 3 rings (SSSR count). The number of ether oxygens (including phenoxy) is 1. The van der Waals surface area contributed by atoms with Crippen molar-refractivity contribution >= 4 is 11.6 Å². The highest BCUT2D eigenvalue weighted by Gasteiger charge is 2.20. The number of aryl methyl sites for hydroxylation is 1. The normalized spacial score (nSPS) is 10.4. The van der Waals surface area contributed by atoms with Gasteiger partial charge in [-0.05, 0) is 36.8 Å². The maximum absolute atomic E-state index is 13.2. The van der Waals surface area contributed by atoms with Gasteiger partial charge in [0, 0.05) is 0 Å². The molecule has 132 valence electrons. The fourth-order valence-corrected chi connectivity index (χ4v) is 2.64. The average Bonchev–Trinajstić information content (AvgIpc) is 2.68. The van der Waals surface area contributed by atoms with Crippen LogP contribution in [0.15, 0.2) is 78.9 Å². The number of hydrogen-bond acceptors (Lipinski definition) is 2. The van der Waals surface area contributed by atoms with Crippen LogP contribution < -0.4 is 9.64 Å². The van der Waals surface area contributed by atoms with Gasteiger partial charge in [-0.2, -0.15) is 0 Å². The summed E-state index contributed by atoms with van der Waals surface area (Å²) in [5, 5.41) is 0. The zero-order valence-corrected chi connectivity index (χ0v) is 14.6. The number of anilines is 1. The SMILES string of the molecule is Cc1ccc(CN(C(=O)CF)c2ccccc2Oc2ccccc2)cc1. The quantitative estimate of drug-likeness (QED) is 0.605. The lowest BCUT2D eigenvalue weighted by molar-refractivity contribution is -0.119. The van der Waals surface area contributed by atoms with Gasteiger partial charge >= 0.3 is 0 Å². The second kappa shape index (κ2) is 8.30. The van der Waals surface area contributed by atoms with Crippen molar-refractivity contribution < 1.29 is 13.9 Å². The second-order valence-electron chi connectivity index (χ2n) is 5.98. The molecule has 1 amide bonds. The second-order valence-corrected chi connectivity index (χ2v) is 5.98. The smallest absolute Gasteiger partial charge is 0.258 e. The molecule has 0 saturated carbocycles. The molecule has 0 saturated heterocycles. The minimum absolute atomic E-state index is 0.276. The summed E-state index contributed by atoms with van der Waals surface area (Å²) in [6.07, 6.45) is 0. The van der Waals surface area contributed by atoms with Crippen molar-refractivity contribution in [1.82, 2.24) is 0 Å². The topological polar surface area (TPSA) is 29.5 Å². The zero-order chi connectivity index (χ0) is 18.4. The van der Waals surface area contributed by atoms with E-state index in [1.165, 1.54) is 4.90 Å². The molecule has 0 aliphatic rings. The number of rotatable bonds is 6. The number of benzene rings is 3. The Morgan fingerprint density at radius 2 is 1.58 bits per heavy atom. The highest BCUT2D eigenvalue weighted by Crippen LogP contribution is 2.33. The van der Waals surface area contributed by atoms with Gasteiger partial charge in [0.05, 0.1) is 12.2 Å². The van der Waals surface area contributed by atoms with Crippen LogP contribution in [-0.2, 0) is 11.3 Å². The standard InChI is InChI=1S/C22H20FNO2/c1-17-11-13-18(14-12-17)16-24(22(25)15-23)20-9-5-6-10-21(20)26-19-7-3-2-4-8-19/h2-14H,15-16H2,1H3. The van der Waals surface area contributed by atoms with Gasteiger partial charge in [0.2, 0.25) is 0 Å². The lowest BCUT2D eigenvalue weighted by Crippen LogP contribution is -2.31. The summed E-state index contributed by atoms with van der Waals surface area (Å²) >= 11 is 0. The molecule has 0 aromatic heterocycles. The molecule has 4 heteroatoms. The minimum atomic E-state index is -1.06. The number of nitrogens with zero attached hydrogens (tertiary/aromatic N) is 1. The maximum atomic E-state index is 13.2. The number of para-hydroxylation sites is 3. The van der Waals surface area contributed by atoms with E-state index in [1.807, 2.05) is 67.6 Å². The Balaban J connectivity index is 1.93. The molecular formula is C22H20FNO2. The van der Waals surface area contributed by atoms with Crippen molar-refractivity contribution in [2.75, 3.05) is 11.6 Å². The number of amides is 1. The van der Waals surface area contributed by atoms with Gasteiger partial charge in [0.1, 0.15) is 5.75 Å². The van der Waals surface area contributed by atoms with Crippen LogP contribution in [0.2, 0.25) is 0 Å². The van der Waals surface area contributed by atoms with E-state index in [-0.39, 0.29) is 6.54 Å². The Labute approximate surface area is 152 Å². The third-order valence-electron chi connectivity index (χ3n) is 4.00. The first-order chi connectivity index (χ1) is 12.7. The monoisotopic (exact) mass is 349 g/mol. The molecule has 0 aliphatic heterocycles. The van der Waals surface area contributed by atoms with E-state index in [0.29, 0.717) is 17.2 Å². The van der Waals surface area contributed by atoms with Crippen molar-refractivity contribution in [3.8, 4) is 11.5 Å². The van der Waals surface area contributed by atoms with E-state index < -0.39 is 12.6 Å². The lowest BCUT2D eigenvalue weighted by Gasteiger charge is -2.24. The molecule has 3 nitrogen and oxygen atoms in total. The zero-order valence-electron chi connectivity index (χ0n) is 14.6. The van der Waals surface area contributed by atoms with Crippen LogP contribution >= 0.6 is 0 Å². The Bertz CT molecular complexity index is 863. The third-order valence-corrected chi connectivity index (χ3v) is 4.00. The van der Waals surface area contributed by atoms with E-state index in [0.717, 1.165) is 11.1 Å². The molecule has 0 spiro atoms. The average molecular weight is 349 g/mol. The molecule has 3 aromatic rings. The largest absolute Gasteiger partial charge is 0.455 e. The number of carbonyl (C=O) groups excluding carboxylic acids is 1. The minimum Gasteiger partial charge on any atom is -0.455 e. The molecule has 0 atom stereocenters. The molecule has 26 heavy (non-hydrogen) atoms. The molecule has 0 radical (unpaired) electrons. The van der Waals surface area contributed by atoms with Gasteiger partial charge in [-0.25, -0.2) is 4.39 Å². The Hall–Kier alpha value is -3.14. The maximum Gasteiger partial charge on any atom is 0.258 e. The van der Waals surface area contributed by atoms with Crippen LogP contribution in [0, 0.1) is 6.92 Å². The summed E-state index contributed by atoms with van der Waals surface area (Å²) in [6, 6.07) is 24.3. The van der Waals surface area contributed by atoms with Crippen LogP contribution in [0.4, 0.5) is 10.1 Å². The molecule has 0 bridgehead atoms. The summed E-state index contributed by atoms with van der Waals surface area (Å²) < 4.78 is 19.1. The summed E-state index contributed by atoms with van der Waals surface area (Å²) in [7, 11) is 0. The van der Waals surface area contributed by atoms with E-state index in [1.54, 1.807) is 18.2 Å². The molecule has 0 unspecified atom stereocenters. The summed E-state index contributed by atoms with van der Waals surface area (Å²) in [6.45, 7) is 1.21. The highest BCUT2D eigenvalue weighted by atomic mass is 19.1. The third kappa shape index (κ3) is 4.28. The van der Waals surface area contributed by atoms with Crippen LogP contribution in [0.5, 0.6) is 11.5 Å². The molecule has 0 heterocycles. The van der Waals surface area contributed by atoms with Gasteiger partial charge in [0.15, 0.2) is 12.4 Å². The van der Waals surface area contributed by atoms with Crippen LogP contribution in [0.1, 0.15) is 11.1 Å². The summed E-state index contributed by atoms with van der Waals surface area (Å²) in [5.74, 6) is 0.560. The number of halogens is 1. The van der Waals surface area contributed by atoms with Gasteiger partial charge in [-0.3, -0.25) is 4.79 Å². The summed E-state index contributed by atoms with van der Waals surface area (Å²) in [4.78, 5) is 13.7. The molecule has 0 fully saturated rings. The van der Waals surface area contributed by atoms with Crippen molar-refractivity contribution in [2.45, 2.75) is 13.5 Å². The molecular weight excluding hydrogens is 329 g/mol. The van der Waals surface area contributed by atoms with Crippen molar-refractivity contribution in [3.05, 3.63) is 90.0 Å². The van der Waals surface area contributed by atoms with E-state index >= 15 is 0 Å². The summed E-state index contributed by atoms with van der Waals surface area (Å²) in [5.41, 5.74) is 2.59. The Kier molecular flexibility index (Phi) is 5.64. The predicted molar refractivity (Wildman–Crippen MR) is 101 cm³/mol. The van der Waals surface area contributed by atoms with Gasteiger partial charge < -0.3 is 9.64 Å². The van der Waals surface area contributed by atoms with Gasteiger partial charge in [-0.1, -0.05) is 60.2 Å². The van der Waals surface area contributed by atoms with Crippen molar-refractivity contribution in [3.63, 3.8) is 0 Å². The number of carbonyl (C=O) groups is 1. The fourth-order valence-electron chi connectivity index (χ4n) is 2.64. The van der Waals surface area contributed by atoms with Gasteiger partial charge in [0.25, 0.3) is 5.91 Å². The molecule has 3 aromatic carbocycles. The van der Waals surface area contributed by atoms with E-state index in [4.69, 9.17) is 4.74 Å². The van der Waals surface area contributed by atoms with E-state index in [2.05, 4.69) is 0 Å². The van der Waals surface area contributed by atoms with Crippen LogP contribution in [0.25, 0.3) is 0 Å². The first-order valence-electron chi connectivity index (χ1n) is 8.41. The molecule has 0 N–H and O–H groups in total.